The van der Waals surface area contributed by atoms with Gasteiger partial charge in [0.2, 0.25) is 0 Å². The Morgan fingerprint density at radius 3 is 2.53 bits per heavy atom. The maximum absolute atomic E-state index is 13.2. The van der Waals surface area contributed by atoms with Crippen LogP contribution in [0.25, 0.3) is 0 Å². The van der Waals surface area contributed by atoms with Crippen molar-refractivity contribution >= 4 is 35.1 Å². The number of hydrogen-bond donors (Lipinski definition) is 2. The van der Waals surface area contributed by atoms with E-state index in [1.165, 1.54) is 0 Å². The number of carbonyl (C=O) groups is 2. The number of aliphatic carboxylic acids is 1. The van der Waals surface area contributed by atoms with Gasteiger partial charge in [-0.05, 0) is 25.0 Å². The van der Waals surface area contributed by atoms with Crippen LogP contribution in [0.3, 0.4) is 0 Å². The summed E-state index contributed by atoms with van der Waals surface area (Å²) in [5.41, 5.74) is 0.00167. The van der Waals surface area contributed by atoms with Crippen LogP contribution in [0.2, 0.25) is 10.0 Å². The summed E-state index contributed by atoms with van der Waals surface area (Å²) in [7, 11) is 0. The number of nitrogens with one attached hydrogen (secondary N) is 1. The van der Waals surface area contributed by atoms with Gasteiger partial charge < -0.3 is 10.4 Å². The van der Waals surface area contributed by atoms with E-state index < -0.39 is 17.7 Å². The molecule has 0 fully saturated rings. The molecular weight excluding hydrogens is 296 g/mol. The minimum atomic E-state index is -0.880. The van der Waals surface area contributed by atoms with E-state index in [9.17, 15) is 14.0 Å². The predicted octanol–water partition coefficient (Wildman–Crippen LogP) is 3.12. The van der Waals surface area contributed by atoms with Gasteiger partial charge >= 0.3 is 5.97 Å². The second-order valence-electron chi connectivity index (χ2n) is 3.85. The van der Waals surface area contributed by atoms with E-state index in [2.05, 4.69) is 5.32 Å². The van der Waals surface area contributed by atoms with Crippen LogP contribution in [0.5, 0.6) is 0 Å². The van der Waals surface area contributed by atoms with E-state index in [4.69, 9.17) is 28.3 Å². The van der Waals surface area contributed by atoms with E-state index in [1.807, 2.05) is 0 Å². The van der Waals surface area contributed by atoms with E-state index >= 15 is 0 Å². The van der Waals surface area contributed by atoms with Crippen LogP contribution in [-0.4, -0.2) is 23.5 Å². The molecule has 0 aliphatic rings. The van der Waals surface area contributed by atoms with Gasteiger partial charge in [-0.25, -0.2) is 4.39 Å². The van der Waals surface area contributed by atoms with Gasteiger partial charge in [0.05, 0.1) is 15.6 Å². The standard InChI is InChI=1S/C12H12Cl2FNO3/c13-8-6-9(14)10(15)5-7(8)12(19)16-4-2-1-3-11(17)18/h5-6H,1-4H2,(H,16,19)(H,17,18). The first-order chi connectivity index (χ1) is 8.91. The van der Waals surface area contributed by atoms with Gasteiger partial charge in [-0.15, -0.1) is 0 Å². The van der Waals surface area contributed by atoms with Gasteiger partial charge in [-0.3, -0.25) is 9.59 Å². The summed E-state index contributed by atoms with van der Waals surface area (Å²) in [5.74, 6) is -2.12. The third kappa shape index (κ3) is 5.04. The Labute approximate surface area is 119 Å². The summed E-state index contributed by atoms with van der Waals surface area (Å²) in [6, 6.07) is 2.13. The van der Waals surface area contributed by atoms with E-state index in [1.54, 1.807) is 0 Å². The lowest BCUT2D eigenvalue weighted by molar-refractivity contribution is -0.137. The maximum atomic E-state index is 13.2. The van der Waals surface area contributed by atoms with E-state index in [0.717, 1.165) is 12.1 Å². The van der Waals surface area contributed by atoms with Crippen LogP contribution >= 0.6 is 23.2 Å². The highest BCUT2D eigenvalue weighted by atomic mass is 35.5. The lowest BCUT2D eigenvalue weighted by Crippen LogP contribution is -2.25. The zero-order valence-electron chi connectivity index (χ0n) is 9.88. The molecule has 0 atom stereocenters. The molecule has 7 heteroatoms. The molecule has 0 saturated heterocycles. The van der Waals surface area contributed by atoms with Crippen molar-refractivity contribution in [2.45, 2.75) is 19.3 Å². The van der Waals surface area contributed by atoms with Crippen molar-refractivity contribution in [3.8, 4) is 0 Å². The van der Waals surface area contributed by atoms with Crippen LogP contribution in [0.4, 0.5) is 4.39 Å². The van der Waals surface area contributed by atoms with Gasteiger partial charge in [0, 0.05) is 13.0 Å². The van der Waals surface area contributed by atoms with Crippen molar-refractivity contribution in [1.29, 1.82) is 0 Å². The van der Waals surface area contributed by atoms with Crippen molar-refractivity contribution in [2.24, 2.45) is 0 Å². The molecule has 0 bridgehead atoms. The number of amides is 1. The van der Waals surface area contributed by atoms with Crippen molar-refractivity contribution in [2.75, 3.05) is 6.54 Å². The average Bonchev–Trinajstić information content (AvgIpc) is 2.32. The summed E-state index contributed by atoms with van der Waals surface area (Å²) < 4.78 is 13.2. The lowest BCUT2D eigenvalue weighted by Gasteiger charge is -2.07. The molecule has 0 aromatic heterocycles. The lowest BCUT2D eigenvalue weighted by atomic mass is 10.2. The summed E-state index contributed by atoms with van der Waals surface area (Å²) in [6.45, 7) is 0.298. The molecule has 1 aromatic rings. The SMILES string of the molecule is O=C(O)CCCCNC(=O)c1cc(F)c(Cl)cc1Cl. The number of rotatable bonds is 6. The molecule has 19 heavy (non-hydrogen) atoms. The average molecular weight is 308 g/mol. The molecule has 104 valence electrons. The third-order valence-corrected chi connectivity index (χ3v) is 2.96. The Hall–Kier alpha value is -1.33. The molecule has 0 unspecified atom stereocenters. The molecule has 1 amide bonds. The Morgan fingerprint density at radius 2 is 1.89 bits per heavy atom. The predicted molar refractivity (Wildman–Crippen MR) is 70.2 cm³/mol. The topological polar surface area (TPSA) is 66.4 Å². The van der Waals surface area contributed by atoms with Gasteiger partial charge in [-0.2, -0.15) is 0 Å². The highest BCUT2D eigenvalue weighted by Gasteiger charge is 2.13. The number of halogens is 3. The molecular formula is C12H12Cl2FNO3. The number of carboxylic acid groups (broad SMARTS) is 1. The quantitative estimate of drug-likeness (QED) is 0.627. The number of carbonyl (C=O) groups excluding carboxylic acids is 1. The maximum Gasteiger partial charge on any atom is 0.303 e. The van der Waals surface area contributed by atoms with Crippen LogP contribution in [-0.2, 0) is 4.79 Å². The molecule has 0 heterocycles. The van der Waals surface area contributed by atoms with E-state index in [0.29, 0.717) is 19.4 Å². The first kappa shape index (κ1) is 15.7. The number of benzene rings is 1. The highest BCUT2D eigenvalue weighted by molar-refractivity contribution is 6.36. The minimum Gasteiger partial charge on any atom is -0.481 e. The Kier molecular flexibility index (Phi) is 6.05. The number of hydrogen-bond acceptors (Lipinski definition) is 2. The zero-order valence-corrected chi connectivity index (χ0v) is 11.4. The van der Waals surface area contributed by atoms with Crippen LogP contribution < -0.4 is 5.32 Å². The molecule has 0 aliphatic carbocycles. The monoisotopic (exact) mass is 307 g/mol. The van der Waals surface area contributed by atoms with Crippen molar-refractivity contribution in [1.82, 2.24) is 5.32 Å². The normalized spacial score (nSPS) is 10.3. The molecule has 0 aliphatic heterocycles. The minimum absolute atomic E-state index is 0.00167. The molecule has 0 radical (unpaired) electrons. The Balaban J connectivity index is 2.50. The summed E-state index contributed by atoms with van der Waals surface area (Å²) in [5, 5.41) is 10.9. The summed E-state index contributed by atoms with van der Waals surface area (Å²) in [6.07, 6.45) is 1.02. The van der Waals surface area contributed by atoms with Crippen molar-refractivity contribution in [3.05, 3.63) is 33.6 Å². The number of unbranched alkanes of at least 4 members (excludes halogenated alkanes) is 1. The smallest absolute Gasteiger partial charge is 0.303 e. The highest BCUT2D eigenvalue weighted by Crippen LogP contribution is 2.24. The first-order valence-corrected chi connectivity index (χ1v) is 6.32. The third-order valence-electron chi connectivity index (χ3n) is 2.36. The van der Waals surface area contributed by atoms with Gasteiger partial charge in [0.25, 0.3) is 5.91 Å². The molecule has 0 spiro atoms. The zero-order chi connectivity index (χ0) is 14.4. The molecule has 1 rings (SSSR count). The van der Waals surface area contributed by atoms with Crippen LogP contribution in [0, 0.1) is 5.82 Å². The fourth-order valence-corrected chi connectivity index (χ4v) is 1.86. The molecule has 1 aromatic carbocycles. The van der Waals surface area contributed by atoms with Crippen molar-refractivity contribution < 1.29 is 19.1 Å². The summed E-state index contributed by atoms with van der Waals surface area (Å²) in [4.78, 5) is 22.0. The van der Waals surface area contributed by atoms with Crippen LogP contribution in [0.15, 0.2) is 12.1 Å². The van der Waals surface area contributed by atoms with Crippen molar-refractivity contribution in [3.63, 3.8) is 0 Å². The van der Waals surface area contributed by atoms with Gasteiger partial charge in [-0.1, -0.05) is 23.2 Å². The van der Waals surface area contributed by atoms with E-state index in [-0.39, 0.29) is 22.0 Å². The van der Waals surface area contributed by atoms with Gasteiger partial charge in [0.1, 0.15) is 5.82 Å². The fraction of sp³-hybridized carbons (Fsp3) is 0.333. The number of carboxylic acids is 1. The Morgan fingerprint density at radius 1 is 1.21 bits per heavy atom. The molecule has 0 saturated carbocycles. The molecule has 2 N–H and O–H groups in total. The molecule has 4 nitrogen and oxygen atoms in total. The van der Waals surface area contributed by atoms with Gasteiger partial charge in [0.15, 0.2) is 0 Å². The van der Waals surface area contributed by atoms with Crippen LogP contribution in [0.1, 0.15) is 29.6 Å². The summed E-state index contributed by atoms with van der Waals surface area (Å²) >= 11 is 11.3. The second kappa shape index (κ2) is 7.31. The Bertz CT molecular complexity index is 494. The first-order valence-electron chi connectivity index (χ1n) is 5.56. The fourth-order valence-electron chi connectivity index (χ4n) is 1.39. The largest absolute Gasteiger partial charge is 0.481 e. The second-order valence-corrected chi connectivity index (χ2v) is 4.67.